The molecule has 0 aliphatic heterocycles. The smallest absolute Gasteiger partial charge is 0.253 e. The van der Waals surface area contributed by atoms with Gasteiger partial charge in [-0.05, 0) is 36.2 Å². The van der Waals surface area contributed by atoms with Crippen LogP contribution in [0.2, 0.25) is 5.02 Å². The molecule has 96 valence electrons. The predicted octanol–water partition coefficient (Wildman–Crippen LogP) is 3.02. The number of hydrogen-bond donors (Lipinski definition) is 1. The molecule has 0 bridgehead atoms. The lowest BCUT2D eigenvalue weighted by Crippen LogP contribution is -2.26. The Hall–Kier alpha value is -1.87. The third-order valence-corrected chi connectivity index (χ3v) is 3.54. The van der Waals surface area contributed by atoms with E-state index in [9.17, 15) is 4.79 Å². The summed E-state index contributed by atoms with van der Waals surface area (Å²) in [5, 5.41) is 3.75. The fourth-order valence-electron chi connectivity index (χ4n) is 2.21. The van der Waals surface area contributed by atoms with Crippen molar-refractivity contribution in [1.29, 1.82) is 0 Å². The van der Waals surface area contributed by atoms with Gasteiger partial charge in [-0.2, -0.15) is 0 Å². The van der Waals surface area contributed by atoms with Gasteiger partial charge in [0.25, 0.3) is 5.91 Å². The lowest BCUT2D eigenvalue weighted by Gasteiger charge is -2.04. The first-order valence-corrected chi connectivity index (χ1v) is 6.58. The number of benzene rings is 1. The van der Waals surface area contributed by atoms with Crippen LogP contribution in [-0.2, 0) is 0 Å². The van der Waals surface area contributed by atoms with Crippen LogP contribution in [0.1, 0.15) is 28.3 Å². The van der Waals surface area contributed by atoms with E-state index in [1.165, 1.54) is 5.56 Å². The Labute approximate surface area is 116 Å². The molecule has 3 nitrogen and oxygen atoms in total. The molecule has 0 unspecified atom stereocenters. The first kappa shape index (κ1) is 12.2. The van der Waals surface area contributed by atoms with Crippen molar-refractivity contribution in [1.82, 2.24) is 10.3 Å². The third-order valence-electron chi connectivity index (χ3n) is 3.31. The highest BCUT2D eigenvalue weighted by Crippen LogP contribution is 2.41. The first-order valence-electron chi connectivity index (χ1n) is 6.20. The summed E-state index contributed by atoms with van der Waals surface area (Å²) in [6.07, 6.45) is 4.20. The van der Waals surface area contributed by atoms with E-state index in [1.54, 1.807) is 24.5 Å². The molecule has 1 aromatic carbocycles. The van der Waals surface area contributed by atoms with E-state index in [-0.39, 0.29) is 11.9 Å². The average molecular weight is 273 g/mol. The zero-order chi connectivity index (χ0) is 13.2. The van der Waals surface area contributed by atoms with Gasteiger partial charge in [0.2, 0.25) is 0 Å². The fraction of sp³-hybridized carbons (Fsp3) is 0.200. The quantitative estimate of drug-likeness (QED) is 0.933. The van der Waals surface area contributed by atoms with Crippen LogP contribution >= 0.6 is 11.6 Å². The molecule has 19 heavy (non-hydrogen) atoms. The van der Waals surface area contributed by atoms with Gasteiger partial charge in [-0.25, -0.2) is 0 Å². The summed E-state index contributed by atoms with van der Waals surface area (Å²) in [4.78, 5) is 15.9. The molecule has 0 spiro atoms. The van der Waals surface area contributed by atoms with Gasteiger partial charge in [-0.3, -0.25) is 9.78 Å². The van der Waals surface area contributed by atoms with Crippen LogP contribution in [0.4, 0.5) is 0 Å². The molecule has 0 radical (unpaired) electrons. The number of amides is 1. The fourth-order valence-corrected chi connectivity index (χ4v) is 2.41. The van der Waals surface area contributed by atoms with Gasteiger partial charge < -0.3 is 5.32 Å². The maximum absolute atomic E-state index is 12.0. The molecule has 0 saturated heterocycles. The van der Waals surface area contributed by atoms with Crippen molar-refractivity contribution in [3.63, 3.8) is 0 Å². The highest BCUT2D eigenvalue weighted by molar-refractivity contribution is 6.30. The number of carbonyl (C=O) groups excluding carboxylic acids is 1. The van der Waals surface area contributed by atoms with Crippen molar-refractivity contribution in [2.75, 3.05) is 0 Å². The molecule has 4 heteroatoms. The largest absolute Gasteiger partial charge is 0.349 e. The number of hydrogen-bond acceptors (Lipinski definition) is 2. The van der Waals surface area contributed by atoms with Gasteiger partial charge in [0.1, 0.15) is 0 Å². The van der Waals surface area contributed by atoms with E-state index in [2.05, 4.69) is 10.3 Å². The van der Waals surface area contributed by atoms with Crippen molar-refractivity contribution in [3.05, 3.63) is 64.9 Å². The molecule has 3 rings (SSSR count). The number of nitrogens with one attached hydrogen (secondary N) is 1. The summed E-state index contributed by atoms with van der Waals surface area (Å²) in [7, 11) is 0. The maximum atomic E-state index is 12.0. The van der Waals surface area contributed by atoms with Gasteiger partial charge in [-0.1, -0.05) is 23.7 Å². The molecule has 1 fully saturated rings. The summed E-state index contributed by atoms with van der Waals surface area (Å²) in [5.41, 5.74) is 1.78. The van der Waals surface area contributed by atoms with Crippen molar-refractivity contribution in [2.24, 2.45) is 0 Å². The third kappa shape index (κ3) is 2.76. The molecular weight excluding hydrogens is 260 g/mol. The SMILES string of the molecule is O=C(N[C@@H]1C[C@@H]1c1cccc(Cl)c1)c1cccnc1. The Morgan fingerprint density at radius 1 is 1.32 bits per heavy atom. The monoisotopic (exact) mass is 272 g/mol. The molecule has 1 saturated carbocycles. The van der Waals surface area contributed by atoms with Crippen molar-refractivity contribution < 1.29 is 4.79 Å². The minimum Gasteiger partial charge on any atom is -0.349 e. The van der Waals surface area contributed by atoms with Crippen molar-refractivity contribution in [3.8, 4) is 0 Å². The van der Waals surface area contributed by atoms with E-state index in [0.717, 1.165) is 11.4 Å². The number of aromatic nitrogens is 1. The van der Waals surface area contributed by atoms with Crippen LogP contribution < -0.4 is 5.32 Å². The maximum Gasteiger partial charge on any atom is 0.253 e. The Balaban J connectivity index is 1.64. The first-order chi connectivity index (χ1) is 9.24. The minimum absolute atomic E-state index is 0.0670. The van der Waals surface area contributed by atoms with E-state index in [0.29, 0.717) is 11.5 Å². The standard InChI is InChI=1S/C15H13ClN2O/c16-12-5-1-3-10(7-12)13-8-14(13)18-15(19)11-4-2-6-17-9-11/h1-7,9,13-14H,8H2,(H,18,19)/t13-,14-/m1/s1. The molecule has 1 aliphatic carbocycles. The average Bonchev–Trinajstić information content (AvgIpc) is 3.19. The summed E-state index contributed by atoms with van der Waals surface area (Å²) in [6.45, 7) is 0. The normalized spacial score (nSPS) is 20.9. The van der Waals surface area contributed by atoms with E-state index in [4.69, 9.17) is 11.6 Å². The summed E-state index contributed by atoms with van der Waals surface area (Å²) in [5.74, 6) is 0.307. The second-order valence-corrected chi connectivity index (χ2v) is 5.16. The van der Waals surface area contributed by atoms with E-state index < -0.39 is 0 Å². The number of rotatable bonds is 3. The van der Waals surface area contributed by atoms with Crippen molar-refractivity contribution >= 4 is 17.5 Å². The summed E-state index contributed by atoms with van der Waals surface area (Å²) < 4.78 is 0. The van der Waals surface area contributed by atoms with Gasteiger partial charge >= 0.3 is 0 Å². The van der Waals surface area contributed by atoms with Gasteiger partial charge in [-0.15, -0.1) is 0 Å². The van der Waals surface area contributed by atoms with E-state index >= 15 is 0 Å². The van der Waals surface area contributed by atoms with Crippen LogP contribution in [0.15, 0.2) is 48.8 Å². The van der Waals surface area contributed by atoms with Crippen LogP contribution in [0.5, 0.6) is 0 Å². The van der Waals surface area contributed by atoms with Crippen molar-refractivity contribution in [2.45, 2.75) is 18.4 Å². The summed E-state index contributed by atoms with van der Waals surface area (Å²) >= 11 is 5.97. The second-order valence-electron chi connectivity index (χ2n) is 4.72. The Bertz CT molecular complexity index is 600. The summed E-state index contributed by atoms with van der Waals surface area (Å²) in [6, 6.07) is 11.5. The molecule has 1 heterocycles. The molecule has 1 N–H and O–H groups in total. The van der Waals surface area contributed by atoms with Crippen LogP contribution in [0, 0.1) is 0 Å². The number of pyridine rings is 1. The van der Waals surface area contributed by atoms with Gasteiger partial charge in [0.15, 0.2) is 0 Å². The van der Waals surface area contributed by atoms with Gasteiger partial charge in [0.05, 0.1) is 5.56 Å². The highest BCUT2D eigenvalue weighted by atomic mass is 35.5. The van der Waals surface area contributed by atoms with Gasteiger partial charge in [0, 0.05) is 29.4 Å². The number of carbonyl (C=O) groups is 1. The predicted molar refractivity (Wildman–Crippen MR) is 74.3 cm³/mol. The zero-order valence-corrected chi connectivity index (χ0v) is 11.0. The number of halogens is 1. The lowest BCUT2D eigenvalue weighted by atomic mass is 10.1. The Morgan fingerprint density at radius 2 is 2.21 bits per heavy atom. The Morgan fingerprint density at radius 3 is 2.95 bits per heavy atom. The zero-order valence-electron chi connectivity index (χ0n) is 10.2. The van der Waals surface area contributed by atoms with Crippen LogP contribution in [-0.4, -0.2) is 16.9 Å². The van der Waals surface area contributed by atoms with Crippen LogP contribution in [0.3, 0.4) is 0 Å². The topological polar surface area (TPSA) is 42.0 Å². The second kappa shape index (κ2) is 5.02. The lowest BCUT2D eigenvalue weighted by molar-refractivity contribution is 0.0950. The Kier molecular flexibility index (Phi) is 3.22. The molecule has 2 aromatic rings. The molecule has 1 aliphatic rings. The molecular formula is C15H13ClN2O. The van der Waals surface area contributed by atoms with E-state index in [1.807, 2.05) is 24.3 Å². The number of nitrogens with zero attached hydrogens (tertiary/aromatic N) is 1. The molecule has 1 amide bonds. The molecule has 2 atom stereocenters. The highest BCUT2D eigenvalue weighted by Gasteiger charge is 2.39. The van der Waals surface area contributed by atoms with Crippen LogP contribution in [0.25, 0.3) is 0 Å². The molecule has 1 aromatic heterocycles. The minimum atomic E-state index is -0.0670.